The van der Waals surface area contributed by atoms with Crippen molar-refractivity contribution in [1.29, 1.82) is 0 Å². The van der Waals surface area contributed by atoms with Gasteiger partial charge in [0.15, 0.2) is 5.78 Å². The van der Waals surface area contributed by atoms with Crippen molar-refractivity contribution >= 4 is 28.7 Å². The highest BCUT2D eigenvalue weighted by atomic mass is 32.1. The number of allylic oxidation sites excluding steroid dienone is 3. The van der Waals surface area contributed by atoms with E-state index in [0.717, 1.165) is 39.5 Å². The topological polar surface area (TPSA) is 58.2 Å². The highest BCUT2D eigenvalue weighted by molar-refractivity contribution is 7.10. The van der Waals surface area contributed by atoms with E-state index in [4.69, 9.17) is 0 Å². The predicted molar refractivity (Wildman–Crippen MR) is 118 cm³/mol. The number of para-hydroxylation sites is 1. The molecule has 150 valence electrons. The molecule has 2 heterocycles. The smallest absolute Gasteiger partial charge is 0.254 e. The number of benzene rings is 1. The van der Waals surface area contributed by atoms with E-state index in [-0.39, 0.29) is 23.0 Å². The van der Waals surface area contributed by atoms with Crippen LogP contribution in [0.4, 0.5) is 5.69 Å². The molecule has 1 aromatic carbocycles. The van der Waals surface area contributed by atoms with Crippen molar-refractivity contribution in [3.63, 3.8) is 0 Å². The number of ketones is 1. The Bertz CT molecular complexity index is 1040. The van der Waals surface area contributed by atoms with E-state index in [1.54, 1.807) is 11.3 Å². The van der Waals surface area contributed by atoms with Crippen LogP contribution in [0.5, 0.6) is 0 Å². The van der Waals surface area contributed by atoms with E-state index in [1.165, 1.54) is 0 Å². The zero-order valence-electron chi connectivity index (χ0n) is 17.3. The number of thiophene rings is 1. The van der Waals surface area contributed by atoms with E-state index in [2.05, 4.69) is 24.5 Å². The molecule has 0 spiro atoms. The van der Waals surface area contributed by atoms with Crippen LogP contribution in [0.2, 0.25) is 0 Å². The van der Waals surface area contributed by atoms with Gasteiger partial charge in [0.25, 0.3) is 5.91 Å². The van der Waals surface area contributed by atoms with Crippen LogP contribution in [0.1, 0.15) is 50.0 Å². The number of Topliss-reactive ketones (excluding diaryl/α,β-unsaturated/α-hetero) is 1. The SMILES string of the molecule is CC1=C(C(=O)Nc2ccccc2C)[C@@H](c2cccs2)C2=C(CC(C)(C)CC2=O)N1. The Morgan fingerprint density at radius 2 is 1.90 bits per heavy atom. The summed E-state index contributed by atoms with van der Waals surface area (Å²) >= 11 is 1.59. The molecule has 0 saturated heterocycles. The molecule has 1 aliphatic heterocycles. The summed E-state index contributed by atoms with van der Waals surface area (Å²) < 4.78 is 0. The molecule has 1 aromatic heterocycles. The second-order valence-electron chi connectivity index (χ2n) is 8.71. The number of nitrogens with one attached hydrogen (secondary N) is 2. The molecule has 2 aromatic rings. The Balaban J connectivity index is 1.78. The summed E-state index contributed by atoms with van der Waals surface area (Å²) in [7, 11) is 0. The first-order valence-corrected chi connectivity index (χ1v) is 10.8. The second-order valence-corrected chi connectivity index (χ2v) is 9.69. The molecule has 29 heavy (non-hydrogen) atoms. The molecule has 1 amide bonds. The van der Waals surface area contributed by atoms with E-state index in [9.17, 15) is 9.59 Å². The molecule has 0 fully saturated rings. The lowest BCUT2D eigenvalue weighted by Gasteiger charge is -2.39. The van der Waals surface area contributed by atoms with Gasteiger partial charge in [-0.1, -0.05) is 38.1 Å². The number of carbonyl (C=O) groups excluding carboxylic acids is 2. The standard InChI is InChI=1S/C24H26N2O2S/c1-14-8-5-6-9-16(14)26-23(28)20-15(2)25-17-12-24(3,4)13-18(27)21(17)22(20)19-10-7-11-29-19/h5-11,22,25H,12-13H2,1-4H3,(H,26,28)/t22-/m1/s1. The number of rotatable bonds is 3. The number of dihydropyridines is 1. The van der Waals surface area contributed by atoms with Crippen molar-refractivity contribution in [2.45, 2.75) is 46.5 Å². The van der Waals surface area contributed by atoms with Crippen molar-refractivity contribution in [3.05, 3.63) is 74.8 Å². The Kier molecular flexibility index (Phi) is 4.95. The quantitative estimate of drug-likeness (QED) is 0.727. The van der Waals surface area contributed by atoms with Gasteiger partial charge in [-0.15, -0.1) is 11.3 Å². The van der Waals surface area contributed by atoms with Crippen molar-refractivity contribution < 1.29 is 9.59 Å². The number of anilines is 1. The Morgan fingerprint density at radius 1 is 1.14 bits per heavy atom. The molecule has 0 unspecified atom stereocenters. The molecule has 2 aliphatic rings. The van der Waals surface area contributed by atoms with Gasteiger partial charge in [-0.2, -0.15) is 0 Å². The van der Waals surface area contributed by atoms with Gasteiger partial charge in [0.1, 0.15) is 0 Å². The van der Waals surface area contributed by atoms with Gasteiger partial charge >= 0.3 is 0 Å². The van der Waals surface area contributed by atoms with Gasteiger partial charge in [-0.05, 0) is 48.8 Å². The van der Waals surface area contributed by atoms with Gasteiger partial charge < -0.3 is 10.6 Å². The van der Waals surface area contributed by atoms with Crippen LogP contribution in [-0.2, 0) is 9.59 Å². The van der Waals surface area contributed by atoms with Crippen LogP contribution in [0, 0.1) is 12.3 Å². The second kappa shape index (κ2) is 7.30. The van der Waals surface area contributed by atoms with Crippen molar-refractivity contribution in [2.75, 3.05) is 5.32 Å². The fourth-order valence-electron chi connectivity index (χ4n) is 4.38. The molecular formula is C24H26N2O2S. The first-order valence-electron chi connectivity index (χ1n) is 9.91. The maximum absolute atomic E-state index is 13.4. The minimum absolute atomic E-state index is 0.0793. The number of hydrogen-bond acceptors (Lipinski definition) is 4. The van der Waals surface area contributed by atoms with Crippen LogP contribution in [-0.4, -0.2) is 11.7 Å². The third kappa shape index (κ3) is 3.67. The summed E-state index contributed by atoms with van der Waals surface area (Å²) in [6.07, 6.45) is 1.31. The summed E-state index contributed by atoms with van der Waals surface area (Å²) in [5, 5.41) is 8.47. The van der Waals surface area contributed by atoms with Crippen molar-refractivity contribution in [3.8, 4) is 0 Å². The maximum atomic E-state index is 13.4. The first kappa shape index (κ1) is 19.6. The summed E-state index contributed by atoms with van der Waals surface area (Å²) in [6, 6.07) is 11.7. The number of hydrogen-bond donors (Lipinski definition) is 2. The Morgan fingerprint density at radius 3 is 2.59 bits per heavy atom. The molecule has 5 heteroatoms. The maximum Gasteiger partial charge on any atom is 0.254 e. The van der Waals surface area contributed by atoms with Gasteiger partial charge in [-0.3, -0.25) is 9.59 Å². The van der Waals surface area contributed by atoms with Gasteiger partial charge in [0, 0.05) is 39.5 Å². The van der Waals surface area contributed by atoms with E-state index in [1.807, 2.05) is 55.6 Å². The van der Waals surface area contributed by atoms with Gasteiger partial charge in [0.05, 0.1) is 5.92 Å². The molecule has 0 bridgehead atoms. The fraction of sp³-hybridized carbons (Fsp3) is 0.333. The lowest BCUT2D eigenvalue weighted by molar-refractivity contribution is -0.118. The van der Waals surface area contributed by atoms with Gasteiger partial charge in [0.2, 0.25) is 0 Å². The summed E-state index contributed by atoms with van der Waals surface area (Å²) in [5.41, 5.74) is 4.89. The summed E-state index contributed by atoms with van der Waals surface area (Å²) in [6.45, 7) is 8.15. The van der Waals surface area contributed by atoms with Crippen LogP contribution >= 0.6 is 11.3 Å². The van der Waals surface area contributed by atoms with Crippen molar-refractivity contribution in [1.82, 2.24) is 5.32 Å². The summed E-state index contributed by atoms with van der Waals surface area (Å²) in [5.74, 6) is -0.346. The molecule has 0 saturated carbocycles. The Labute approximate surface area is 175 Å². The average molecular weight is 407 g/mol. The van der Waals surface area contributed by atoms with Crippen LogP contribution in [0.3, 0.4) is 0 Å². The van der Waals surface area contributed by atoms with Crippen LogP contribution in [0.25, 0.3) is 0 Å². The number of carbonyl (C=O) groups is 2. The zero-order valence-corrected chi connectivity index (χ0v) is 18.1. The van der Waals surface area contributed by atoms with E-state index < -0.39 is 0 Å². The average Bonchev–Trinajstić information content (AvgIpc) is 3.15. The molecule has 2 N–H and O–H groups in total. The highest BCUT2D eigenvalue weighted by Gasteiger charge is 2.43. The lowest BCUT2D eigenvalue weighted by atomic mass is 9.69. The van der Waals surface area contributed by atoms with Gasteiger partial charge in [-0.25, -0.2) is 0 Å². The predicted octanol–water partition coefficient (Wildman–Crippen LogP) is 5.30. The minimum atomic E-state index is -0.320. The molecule has 0 radical (unpaired) electrons. The lowest BCUT2D eigenvalue weighted by Crippen LogP contribution is -2.39. The fourth-order valence-corrected chi connectivity index (χ4v) is 5.22. The normalized spacial score (nSPS) is 21.0. The Hall–Kier alpha value is -2.66. The third-order valence-electron chi connectivity index (χ3n) is 5.71. The first-order chi connectivity index (χ1) is 13.8. The van der Waals surface area contributed by atoms with E-state index in [0.29, 0.717) is 12.0 Å². The van der Waals surface area contributed by atoms with E-state index >= 15 is 0 Å². The molecule has 1 atom stereocenters. The largest absolute Gasteiger partial charge is 0.362 e. The molecule has 1 aliphatic carbocycles. The number of aryl methyl sites for hydroxylation is 1. The molecular weight excluding hydrogens is 380 g/mol. The van der Waals surface area contributed by atoms with Crippen LogP contribution in [0.15, 0.2) is 64.3 Å². The summed E-state index contributed by atoms with van der Waals surface area (Å²) in [4.78, 5) is 27.6. The molecule has 4 nitrogen and oxygen atoms in total. The monoisotopic (exact) mass is 406 g/mol. The minimum Gasteiger partial charge on any atom is -0.362 e. The molecule has 4 rings (SSSR count). The zero-order chi connectivity index (χ0) is 20.8. The van der Waals surface area contributed by atoms with Crippen molar-refractivity contribution in [2.24, 2.45) is 5.41 Å². The van der Waals surface area contributed by atoms with Crippen LogP contribution < -0.4 is 10.6 Å². The highest BCUT2D eigenvalue weighted by Crippen LogP contribution is 2.47. The third-order valence-corrected chi connectivity index (χ3v) is 6.64. The number of amides is 1.